The van der Waals surface area contributed by atoms with Crippen molar-refractivity contribution < 1.29 is 18.5 Å². The lowest BCUT2D eigenvalue weighted by atomic mass is 9.78. The van der Waals surface area contributed by atoms with Crippen LogP contribution in [0.25, 0.3) is 0 Å². The maximum atomic E-state index is 14.0. The molecule has 2 fully saturated rings. The highest BCUT2D eigenvalue weighted by Gasteiger charge is 2.52. The van der Waals surface area contributed by atoms with Crippen molar-refractivity contribution in [1.29, 1.82) is 5.26 Å². The number of amides is 1. The zero-order chi connectivity index (χ0) is 17.7. The predicted octanol–water partition coefficient (Wildman–Crippen LogP) is 1.72. The molecule has 3 rings (SSSR count). The molecule has 0 saturated carbocycles. The third-order valence-corrected chi connectivity index (χ3v) is 5.04. The number of rotatable bonds is 2. The van der Waals surface area contributed by atoms with Crippen LogP contribution in [0.3, 0.4) is 0 Å². The molecule has 2 aliphatic heterocycles. The maximum Gasteiger partial charge on any atom is 0.494 e. The Kier molecular flexibility index (Phi) is 3.93. The monoisotopic (exact) mass is 330 g/mol. The van der Waals surface area contributed by atoms with E-state index in [1.165, 1.54) is 17.0 Å². The average Bonchev–Trinajstić information content (AvgIpc) is 2.65. The molecule has 0 aliphatic carbocycles. The summed E-state index contributed by atoms with van der Waals surface area (Å²) < 4.78 is 25.9. The fraction of sp³-hybridized carbons (Fsp3) is 0.529. The van der Waals surface area contributed by atoms with E-state index < -0.39 is 24.1 Å². The van der Waals surface area contributed by atoms with Gasteiger partial charge in [-0.3, -0.25) is 4.79 Å². The van der Waals surface area contributed by atoms with Crippen molar-refractivity contribution in [3.05, 3.63) is 29.6 Å². The first-order chi connectivity index (χ1) is 11.1. The Labute approximate surface area is 141 Å². The van der Waals surface area contributed by atoms with Gasteiger partial charge in [0.25, 0.3) is 5.91 Å². The van der Waals surface area contributed by atoms with Gasteiger partial charge < -0.3 is 14.2 Å². The lowest BCUT2D eigenvalue weighted by molar-refractivity contribution is 0.00578. The minimum atomic E-state index is -0.722. The van der Waals surface area contributed by atoms with Crippen molar-refractivity contribution in [1.82, 2.24) is 4.90 Å². The van der Waals surface area contributed by atoms with Crippen LogP contribution in [0.2, 0.25) is 0 Å². The first-order valence-electron chi connectivity index (χ1n) is 7.98. The number of carbonyl (C=O) groups excluding carboxylic acids is 1. The van der Waals surface area contributed by atoms with Crippen LogP contribution in [0.4, 0.5) is 4.39 Å². The molecule has 126 valence electrons. The molecule has 2 heterocycles. The summed E-state index contributed by atoms with van der Waals surface area (Å²) in [6, 6.07) is 6.25. The van der Waals surface area contributed by atoms with Gasteiger partial charge in [0.05, 0.1) is 23.2 Å². The van der Waals surface area contributed by atoms with Gasteiger partial charge in [-0.1, -0.05) is 0 Å². The van der Waals surface area contributed by atoms with E-state index in [1.807, 2.05) is 27.7 Å². The standard InChI is InChI=1S/C17H20BFN2O3/c1-16(2)17(3,4)24-18(23-16)13-5-12(6-14(19)7-13)15(22)21-9-11(8-20)10-21/h5-7,11H,9-10H2,1-4H3. The summed E-state index contributed by atoms with van der Waals surface area (Å²) in [5.41, 5.74) is -0.345. The second-order valence-electron chi connectivity index (χ2n) is 7.40. The second kappa shape index (κ2) is 5.57. The van der Waals surface area contributed by atoms with Gasteiger partial charge in [-0.15, -0.1) is 0 Å². The molecule has 2 saturated heterocycles. The Morgan fingerprint density at radius 2 is 1.83 bits per heavy atom. The molecule has 1 aromatic carbocycles. The molecule has 0 atom stereocenters. The summed E-state index contributed by atoms with van der Waals surface area (Å²) in [6.07, 6.45) is 0. The van der Waals surface area contributed by atoms with Crippen molar-refractivity contribution in [3.63, 3.8) is 0 Å². The number of carbonyl (C=O) groups is 1. The molecule has 2 aliphatic rings. The Hall–Kier alpha value is -1.91. The fourth-order valence-electron chi connectivity index (χ4n) is 2.76. The Balaban J connectivity index is 1.83. The van der Waals surface area contributed by atoms with Gasteiger partial charge in [-0.25, -0.2) is 4.39 Å². The van der Waals surface area contributed by atoms with Crippen molar-refractivity contribution in [2.45, 2.75) is 38.9 Å². The van der Waals surface area contributed by atoms with Gasteiger partial charge in [0.1, 0.15) is 5.82 Å². The van der Waals surface area contributed by atoms with Crippen LogP contribution in [0.15, 0.2) is 18.2 Å². The molecule has 0 spiro atoms. The number of likely N-dealkylation sites (tertiary alicyclic amines) is 1. The van der Waals surface area contributed by atoms with Crippen LogP contribution in [-0.2, 0) is 9.31 Å². The maximum absolute atomic E-state index is 14.0. The minimum Gasteiger partial charge on any atom is -0.399 e. The van der Waals surface area contributed by atoms with E-state index in [9.17, 15) is 9.18 Å². The summed E-state index contributed by atoms with van der Waals surface area (Å²) in [5, 5.41) is 8.81. The molecular weight excluding hydrogens is 310 g/mol. The summed E-state index contributed by atoms with van der Waals surface area (Å²) in [5.74, 6) is -0.924. The van der Waals surface area contributed by atoms with Gasteiger partial charge in [0.15, 0.2) is 0 Å². The third kappa shape index (κ3) is 2.81. The molecular formula is C17H20BFN2O3. The van der Waals surface area contributed by atoms with E-state index in [-0.39, 0.29) is 17.4 Å². The Bertz CT molecular complexity index is 707. The van der Waals surface area contributed by atoms with Crippen molar-refractivity contribution in [2.75, 3.05) is 13.1 Å². The molecule has 0 radical (unpaired) electrons. The normalized spacial score (nSPS) is 22.2. The van der Waals surface area contributed by atoms with Crippen molar-refractivity contribution in [3.8, 4) is 6.07 Å². The Morgan fingerprint density at radius 1 is 1.25 bits per heavy atom. The van der Waals surface area contributed by atoms with Gasteiger partial charge in [-0.2, -0.15) is 5.26 Å². The van der Waals surface area contributed by atoms with Gasteiger partial charge in [0, 0.05) is 18.7 Å². The number of halogens is 1. The minimum absolute atomic E-state index is 0.134. The van der Waals surface area contributed by atoms with Crippen LogP contribution < -0.4 is 5.46 Å². The van der Waals surface area contributed by atoms with Gasteiger partial charge >= 0.3 is 7.12 Å². The second-order valence-corrected chi connectivity index (χ2v) is 7.40. The molecule has 0 N–H and O–H groups in total. The van der Waals surface area contributed by atoms with Crippen LogP contribution in [-0.4, -0.2) is 42.2 Å². The van der Waals surface area contributed by atoms with E-state index >= 15 is 0 Å². The quantitative estimate of drug-likeness (QED) is 0.775. The Morgan fingerprint density at radius 3 is 2.38 bits per heavy atom. The zero-order valence-electron chi connectivity index (χ0n) is 14.3. The summed E-state index contributed by atoms with van der Waals surface area (Å²) >= 11 is 0. The van der Waals surface area contributed by atoms with E-state index in [0.29, 0.717) is 18.6 Å². The van der Waals surface area contributed by atoms with Gasteiger partial charge in [0.2, 0.25) is 0 Å². The highest BCUT2D eigenvalue weighted by Crippen LogP contribution is 2.36. The van der Waals surface area contributed by atoms with Crippen LogP contribution in [0.5, 0.6) is 0 Å². The first-order valence-corrected chi connectivity index (χ1v) is 7.98. The largest absolute Gasteiger partial charge is 0.494 e. The molecule has 0 aromatic heterocycles. The summed E-state index contributed by atoms with van der Waals surface area (Å²) in [7, 11) is -0.722. The fourth-order valence-corrected chi connectivity index (χ4v) is 2.76. The number of hydrogen-bond acceptors (Lipinski definition) is 4. The van der Waals surface area contributed by atoms with E-state index in [2.05, 4.69) is 6.07 Å². The third-order valence-electron chi connectivity index (χ3n) is 5.04. The molecule has 1 amide bonds. The molecule has 0 bridgehead atoms. The number of hydrogen-bond donors (Lipinski definition) is 0. The van der Waals surface area contributed by atoms with E-state index in [0.717, 1.165) is 0 Å². The van der Waals surface area contributed by atoms with Crippen LogP contribution >= 0.6 is 0 Å². The van der Waals surface area contributed by atoms with Crippen LogP contribution in [0.1, 0.15) is 38.1 Å². The smallest absolute Gasteiger partial charge is 0.399 e. The van der Waals surface area contributed by atoms with Crippen LogP contribution in [0, 0.1) is 23.1 Å². The molecule has 1 aromatic rings. The summed E-state index contributed by atoms with van der Waals surface area (Å²) in [6.45, 7) is 8.44. The molecule has 0 unspecified atom stereocenters. The zero-order valence-corrected chi connectivity index (χ0v) is 14.3. The van der Waals surface area contributed by atoms with Crippen molar-refractivity contribution >= 4 is 18.5 Å². The lowest BCUT2D eigenvalue weighted by Gasteiger charge is -2.35. The van der Waals surface area contributed by atoms with Gasteiger partial charge in [-0.05, 0) is 51.4 Å². The molecule has 5 nitrogen and oxygen atoms in total. The average molecular weight is 330 g/mol. The predicted molar refractivity (Wildman–Crippen MR) is 87.1 cm³/mol. The van der Waals surface area contributed by atoms with E-state index in [4.69, 9.17) is 14.6 Å². The highest BCUT2D eigenvalue weighted by molar-refractivity contribution is 6.62. The topological polar surface area (TPSA) is 62.6 Å². The van der Waals surface area contributed by atoms with Crippen molar-refractivity contribution in [2.24, 2.45) is 5.92 Å². The summed E-state index contributed by atoms with van der Waals surface area (Å²) in [4.78, 5) is 14.0. The highest BCUT2D eigenvalue weighted by atomic mass is 19.1. The lowest BCUT2D eigenvalue weighted by Crippen LogP contribution is -2.49. The number of benzene rings is 1. The number of nitrogens with zero attached hydrogens (tertiary/aromatic N) is 2. The SMILES string of the molecule is CC1(C)OB(c2cc(F)cc(C(=O)N3CC(C#N)C3)c2)OC1(C)C. The molecule has 24 heavy (non-hydrogen) atoms. The van der Waals surface area contributed by atoms with E-state index in [1.54, 1.807) is 6.07 Å². The number of nitriles is 1. The first kappa shape index (κ1) is 16.9. The molecule has 7 heteroatoms.